The first-order valence-corrected chi connectivity index (χ1v) is 13.3. The average Bonchev–Trinajstić information content (AvgIpc) is 3.46. The number of carbonyl (C=O) groups excluding carboxylic acids is 2. The highest BCUT2D eigenvalue weighted by Gasteiger charge is 2.60. The molecule has 7 unspecified atom stereocenters. The van der Waals surface area contributed by atoms with Crippen molar-refractivity contribution in [2.45, 2.75) is 75.6 Å². The van der Waals surface area contributed by atoms with Crippen molar-refractivity contribution in [3.8, 4) is 0 Å². The Bertz CT molecular complexity index is 969. The topological polar surface area (TPSA) is 181 Å². The van der Waals surface area contributed by atoms with Gasteiger partial charge in [-0.25, -0.2) is 9.80 Å². The Hall–Kier alpha value is -2.19. The lowest BCUT2D eigenvalue weighted by Crippen LogP contribution is -2.63. The highest BCUT2D eigenvalue weighted by molar-refractivity contribution is 8.03. The Morgan fingerprint density at radius 3 is 2.72 bits per heavy atom. The molecule has 8 atom stereocenters. The van der Waals surface area contributed by atoms with Crippen LogP contribution in [0.2, 0.25) is 0 Å². The summed E-state index contributed by atoms with van der Waals surface area (Å²) < 4.78 is 0. The lowest BCUT2D eigenvalue weighted by Gasteiger charge is -2.46. The number of carbonyl (C=O) groups is 3. The minimum Gasteiger partial charge on any atom is -0.477 e. The predicted octanol–water partition coefficient (Wildman–Crippen LogP) is -1.16. The molecule has 0 bridgehead atoms. The van der Waals surface area contributed by atoms with E-state index in [1.165, 1.54) is 16.7 Å². The second-order valence-corrected chi connectivity index (χ2v) is 11.6. The maximum atomic E-state index is 12.5. The Labute approximate surface area is 214 Å². The first-order valence-electron chi connectivity index (χ1n) is 12.4. The van der Waals surface area contributed by atoms with Crippen LogP contribution >= 0.6 is 11.8 Å². The molecule has 7 N–H and O–H groups in total. The number of aliphatic imine (C=N–C) groups is 1. The van der Waals surface area contributed by atoms with Crippen LogP contribution in [0.25, 0.3) is 0 Å². The van der Waals surface area contributed by atoms with Crippen molar-refractivity contribution in [1.29, 1.82) is 0 Å². The second kappa shape index (κ2) is 10.7. The molecule has 4 aliphatic rings. The van der Waals surface area contributed by atoms with E-state index in [0.717, 1.165) is 6.42 Å². The number of aliphatic carboxylic acids is 1. The van der Waals surface area contributed by atoms with Gasteiger partial charge in [0, 0.05) is 41.7 Å². The summed E-state index contributed by atoms with van der Waals surface area (Å²) in [6, 6.07) is -0.607. The number of carboxylic acids is 1. The maximum Gasteiger partial charge on any atom is 0.353 e. The molecule has 36 heavy (non-hydrogen) atoms. The van der Waals surface area contributed by atoms with Crippen LogP contribution in [0.5, 0.6) is 0 Å². The normalized spacial score (nSPS) is 34.5. The van der Waals surface area contributed by atoms with E-state index in [9.17, 15) is 29.7 Å². The number of nitrogens with two attached hydrogens (primary N) is 1. The minimum atomic E-state index is -1.15. The van der Waals surface area contributed by atoms with Crippen molar-refractivity contribution in [1.82, 2.24) is 20.7 Å². The summed E-state index contributed by atoms with van der Waals surface area (Å²) in [5, 5.41) is 35.5. The minimum absolute atomic E-state index is 0.000794. The first-order chi connectivity index (χ1) is 17.0. The van der Waals surface area contributed by atoms with Crippen LogP contribution in [0, 0.1) is 11.8 Å². The van der Waals surface area contributed by atoms with E-state index in [0.29, 0.717) is 36.8 Å². The number of nitrogens with one attached hydrogen (secondary N) is 2. The fraction of sp³-hybridized carbons (Fsp3) is 0.739. The number of hydrogen-bond acceptors (Lipinski definition) is 9. The molecule has 12 nitrogen and oxygen atoms in total. The van der Waals surface area contributed by atoms with E-state index in [-0.39, 0.29) is 53.2 Å². The maximum absolute atomic E-state index is 12.5. The molecule has 4 rings (SSSR count). The summed E-state index contributed by atoms with van der Waals surface area (Å²) in [6.45, 7) is 6.96. The van der Waals surface area contributed by atoms with Gasteiger partial charge in [0.2, 0.25) is 11.8 Å². The highest BCUT2D eigenvalue weighted by atomic mass is 32.2. The van der Waals surface area contributed by atoms with Crippen molar-refractivity contribution in [3.05, 3.63) is 10.6 Å². The lowest BCUT2D eigenvalue weighted by molar-refractivity contribution is -0.163. The number of amides is 2. The van der Waals surface area contributed by atoms with Crippen LogP contribution in [0.15, 0.2) is 15.6 Å². The summed E-state index contributed by atoms with van der Waals surface area (Å²) in [4.78, 5) is 43.3. The monoisotopic (exact) mass is 524 g/mol. The molecular formula is C23H36N6O6S. The fourth-order valence-electron chi connectivity index (χ4n) is 5.76. The summed E-state index contributed by atoms with van der Waals surface area (Å²) in [6.07, 6.45) is -0.446. The molecule has 0 aromatic rings. The van der Waals surface area contributed by atoms with Crippen LogP contribution in [-0.2, 0) is 14.4 Å². The first kappa shape index (κ1) is 26.9. The molecule has 0 aromatic heterocycles. The molecule has 2 amide bonds. The zero-order chi connectivity index (χ0) is 26.3. The third-order valence-electron chi connectivity index (χ3n) is 7.42. The Balaban J connectivity index is 1.30. The Kier molecular flexibility index (Phi) is 7.95. The molecule has 0 aromatic carbocycles. The molecule has 4 aliphatic heterocycles. The van der Waals surface area contributed by atoms with Crippen molar-refractivity contribution in [3.63, 3.8) is 0 Å². The summed E-state index contributed by atoms with van der Waals surface area (Å²) in [5.74, 6) is -2.07. The van der Waals surface area contributed by atoms with Crippen LogP contribution in [0.1, 0.15) is 40.0 Å². The molecular weight excluding hydrogens is 488 g/mol. The smallest absolute Gasteiger partial charge is 0.353 e. The molecule has 200 valence electrons. The average molecular weight is 525 g/mol. The van der Waals surface area contributed by atoms with E-state index >= 15 is 0 Å². The van der Waals surface area contributed by atoms with E-state index in [1.807, 2.05) is 6.92 Å². The summed E-state index contributed by atoms with van der Waals surface area (Å²) >= 11 is 1.41. The predicted molar refractivity (Wildman–Crippen MR) is 133 cm³/mol. The molecule has 0 spiro atoms. The second-order valence-electron chi connectivity index (χ2n) is 10.2. The van der Waals surface area contributed by atoms with E-state index in [1.54, 1.807) is 18.9 Å². The van der Waals surface area contributed by atoms with Gasteiger partial charge in [-0.2, -0.15) is 0 Å². The van der Waals surface area contributed by atoms with Crippen molar-refractivity contribution >= 4 is 35.4 Å². The van der Waals surface area contributed by atoms with Gasteiger partial charge in [-0.15, -0.1) is 11.8 Å². The number of aliphatic hydroxyl groups excluding tert-OH is 2. The quantitative estimate of drug-likeness (QED) is 0.122. The van der Waals surface area contributed by atoms with Crippen molar-refractivity contribution in [2.75, 3.05) is 19.6 Å². The number of thioether (sulfide) groups is 1. The molecule has 4 heterocycles. The van der Waals surface area contributed by atoms with Crippen molar-refractivity contribution in [2.24, 2.45) is 22.6 Å². The summed E-state index contributed by atoms with van der Waals surface area (Å²) in [7, 11) is 0. The van der Waals surface area contributed by atoms with Crippen LogP contribution in [0.3, 0.4) is 0 Å². The number of hydrazine groups is 1. The number of nitrogens with zero attached hydrogens (tertiary/aromatic N) is 3. The third kappa shape index (κ3) is 5.25. The number of hydrogen-bond donors (Lipinski definition) is 6. The SMILES string of the molecule is CC(N)=NC1CCN(NC(=O)CC(O)C2CC(SC3=C(C(=O)O)N4C(=O)C(C(C)O)[C@@H]4C3C)CN2)C1. The fourth-order valence-corrected chi connectivity index (χ4v) is 7.26. The van der Waals surface area contributed by atoms with E-state index in [4.69, 9.17) is 5.73 Å². The van der Waals surface area contributed by atoms with Gasteiger partial charge in [0.05, 0.1) is 42.5 Å². The van der Waals surface area contributed by atoms with Gasteiger partial charge >= 0.3 is 5.97 Å². The number of rotatable bonds is 9. The van der Waals surface area contributed by atoms with Gasteiger partial charge in [-0.3, -0.25) is 20.0 Å². The van der Waals surface area contributed by atoms with Crippen LogP contribution in [0.4, 0.5) is 0 Å². The zero-order valence-electron chi connectivity index (χ0n) is 20.8. The van der Waals surface area contributed by atoms with Crippen LogP contribution < -0.4 is 16.5 Å². The van der Waals surface area contributed by atoms with E-state index < -0.39 is 24.1 Å². The zero-order valence-corrected chi connectivity index (χ0v) is 21.6. The number of carboxylic acid groups (broad SMARTS) is 1. The molecule has 3 saturated heterocycles. The molecule has 0 radical (unpaired) electrons. The van der Waals surface area contributed by atoms with Gasteiger partial charge < -0.3 is 31.3 Å². The Morgan fingerprint density at radius 1 is 1.36 bits per heavy atom. The van der Waals surface area contributed by atoms with Gasteiger partial charge in [-0.05, 0) is 26.7 Å². The van der Waals surface area contributed by atoms with E-state index in [2.05, 4.69) is 15.7 Å². The standard InChI is InChI=1S/C23H36N6O6S/c1-10-19-18(11(2)30)22(33)29(19)20(23(34)35)21(10)36-14-6-15(25-8-14)16(31)7-17(32)27-28-5-4-13(9-28)26-12(3)24/h10-11,13-16,18-19,25,30-31H,4-9H2,1-3H3,(H2,24,26)(H,27,32)(H,34,35)/t10?,11?,13?,14?,15?,16?,18?,19-/m0/s1. The Morgan fingerprint density at radius 2 is 2.08 bits per heavy atom. The number of amidine groups is 1. The molecule has 13 heteroatoms. The third-order valence-corrected chi connectivity index (χ3v) is 8.93. The van der Waals surface area contributed by atoms with Gasteiger partial charge in [-0.1, -0.05) is 6.92 Å². The lowest BCUT2D eigenvalue weighted by atomic mass is 9.79. The van der Waals surface area contributed by atoms with Gasteiger partial charge in [0.1, 0.15) is 5.70 Å². The van der Waals surface area contributed by atoms with Crippen molar-refractivity contribution < 1.29 is 29.7 Å². The number of β-lactam (4-membered cyclic amide) rings is 1. The van der Waals surface area contributed by atoms with Gasteiger partial charge in [0.15, 0.2) is 0 Å². The number of fused-ring (bicyclic) bond motifs is 1. The highest BCUT2D eigenvalue weighted by Crippen LogP contribution is 2.51. The van der Waals surface area contributed by atoms with Crippen LogP contribution in [-0.4, -0.2) is 104 Å². The largest absolute Gasteiger partial charge is 0.477 e. The summed E-state index contributed by atoms with van der Waals surface area (Å²) in [5.41, 5.74) is 8.46. The molecule has 3 fully saturated rings. The molecule has 0 saturated carbocycles. The number of aliphatic hydroxyl groups is 2. The van der Waals surface area contributed by atoms with Gasteiger partial charge in [0.25, 0.3) is 0 Å². The molecule has 0 aliphatic carbocycles.